The van der Waals surface area contributed by atoms with Crippen molar-refractivity contribution in [2.75, 3.05) is 0 Å². The number of rotatable bonds is 6. The predicted molar refractivity (Wildman–Crippen MR) is 243 cm³/mol. The van der Waals surface area contributed by atoms with Crippen LogP contribution < -0.4 is 11.5 Å². The molecule has 0 aliphatic carbocycles. The zero-order chi connectivity index (χ0) is 37.1. The number of hydrogen-bond donors (Lipinski definition) is 2. The summed E-state index contributed by atoms with van der Waals surface area (Å²) in [7, 11) is 0. The van der Waals surface area contributed by atoms with Crippen LogP contribution in [0.3, 0.4) is 0 Å². The SMILES string of the molecule is Cc1ccc(-c2cc3c(-c4ccccc4CN)c(C)c(C)cc3[cH-]2)o1.Cc1ccc(-c2cc3c(-c4ccccc4CN)c(C)c(C)cc3[cH-]2)o1.Cl.Cl.[CH3-].[CH3-].[Si]=[Zr]. The molecule has 0 atom stereocenters. The molecule has 0 aliphatic heterocycles. The van der Waals surface area contributed by atoms with Gasteiger partial charge in [0.2, 0.25) is 0 Å². The summed E-state index contributed by atoms with van der Waals surface area (Å²) < 4.78 is 11.7. The summed E-state index contributed by atoms with van der Waals surface area (Å²) in [5.41, 5.74) is 26.8. The molecule has 8 rings (SSSR count). The van der Waals surface area contributed by atoms with Gasteiger partial charge in [-0.2, -0.15) is 0 Å². The van der Waals surface area contributed by atoms with Crippen LogP contribution in [0, 0.1) is 56.4 Å². The van der Waals surface area contributed by atoms with Crippen molar-refractivity contribution in [2.45, 2.75) is 54.6 Å². The summed E-state index contributed by atoms with van der Waals surface area (Å²) >= 11 is 1.36. The Morgan fingerprint density at radius 3 is 1.21 bits per heavy atom. The Hall–Kier alpha value is -3.74. The van der Waals surface area contributed by atoms with E-state index in [9.17, 15) is 0 Å². The van der Waals surface area contributed by atoms with Gasteiger partial charge in [-0.05, 0) is 99.2 Å². The zero-order valence-electron chi connectivity index (χ0n) is 33.6. The van der Waals surface area contributed by atoms with Crippen LogP contribution in [0.4, 0.5) is 0 Å². The van der Waals surface area contributed by atoms with E-state index in [0.717, 1.165) is 34.2 Å². The Bertz CT molecular complexity index is 2350. The molecule has 0 bridgehead atoms. The molecule has 2 aromatic heterocycles. The number of aryl methyl sites for hydroxylation is 4. The monoisotopic (exact) mass is 876 g/mol. The van der Waals surface area contributed by atoms with E-state index in [1.807, 2.05) is 38.1 Å². The van der Waals surface area contributed by atoms with Gasteiger partial charge in [-0.1, -0.05) is 81.9 Å². The first kappa shape index (κ1) is 48.4. The summed E-state index contributed by atoms with van der Waals surface area (Å²) in [5, 5.41) is 5.00. The minimum atomic E-state index is 0. The van der Waals surface area contributed by atoms with Gasteiger partial charge in [-0.15, -0.1) is 82.8 Å². The van der Waals surface area contributed by atoms with E-state index in [4.69, 9.17) is 20.3 Å². The third kappa shape index (κ3) is 9.68. The molecule has 0 saturated carbocycles. The topological polar surface area (TPSA) is 78.3 Å². The van der Waals surface area contributed by atoms with Gasteiger partial charge in [0.05, 0.1) is 23.0 Å². The quantitative estimate of drug-likeness (QED) is 0.129. The zero-order valence-corrected chi connectivity index (χ0v) is 38.7. The van der Waals surface area contributed by atoms with Crippen molar-refractivity contribution in [3.05, 3.63) is 169 Å². The molecule has 0 fully saturated rings. The van der Waals surface area contributed by atoms with Crippen LogP contribution in [-0.2, 0) is 36.4 Å². The molecule has 4 nitrogen and oxygen atoms in total. The molecule has 0 saturated heterocycles. The van der Waals surface area contributed by atoms with E-state index >= 15 is 0 Å². The average molecular weight is 879 g/mol. The minimum absolute atomic E-state index is 0. The van der Waals surface area contributed by atoms with E-state index in [1.165, 1.54) is 101 Å². The molecule has 0 aliphatic rings. The summed E-state index contributed by atoms with van der Waals surface area (Å²) in [6, 6.07) is 38.4. The normalized spacial score (nSPS) is 10.2. The first-order valence-electron chi connectivity index (χ1n) is 17.5. The molecule has 0 spiro atoms. The van der Waals surface area contributed by atoms with Gasteiger partial charge in [-0.25, -0.2) is 0 Å². The molecule has 2 radical (unpaired) electrons. The van der Waals surface area contributed by atoms with E-state index < -0.39 is 0 Å². The third-order valence-electron chi connectivity index (χ3n) is 10.1. The number of furan rings is 2. The Morgan fingerprint density at radius 1 is 0.536 bits per heavy atom. The van der Waals surface area contributed by atoms with Gasteiger partial charge >= 0.3 is 30.2 Å². The van der Waals surface area contributed by atoms with E-state index in [1.54, 1.807) is 0 Å². The number of fused-ring (bicyclic) bond motifs is 2. The van der Waals surface area contributed by atoms with Crippen LogP contribution in [0.5, 0.6) is 0 Å². The van der Waals surface area contributed by atoms with Gasteiger partial charge in [-0.3, -0.25) is 0 Å². The second-order valence-electron chi connectivity index (χ2n) is 13.4. The molecule has 0 amide bonds. The fourth-order valence-corrected chi connectivity index (χ4v) is 7.25. The van der Waals surface area contributed by atoms with Crippen molar-refractivity contribution >= 4 is 53.2 Å². The molecule has 8 aromatic rings. The summed E-state index contributed by atoms with van der Waals surface area (Å²) in [6.45, 7) is 16.8. The summed E-state index contributed by atoms with van der Waals surface area (Å²) in [6.07, 6.45) is 0. The average Bonchev–Trinajstić information content (AvgIpc) is 3.98. The number of benzene rings is 4. The summed E-state index contributed by atoms with van der Waals surface area (Å²) in [4.78, 5) is 0. The number of nitrogens with two attached hydrogens (primary N) is 2. The standard InChI is InChI=1S/2C23H22NO.2CH3.2ClH.Si.Zr/c2*1-14-10-18-11-19(22-9-8-15(2)25-22)12-21(18)23(16(14)3)20-7-5-4-6-17(20)13-24;;;;;;/h2*4-12H,13,24H2,1-3H3;2*1H3;2*1H;;/q4*-1;;;;. The van der Waals surface area contributed by atoms with Crippen molar-refractivity contribution in [3.63, 3.8) is 0 Å². The molecule has 56 heavy (non-hydrogen) atoms. The van der Waals surface area contributed by atoms with E-state index in [0.29, 0.717) is 13.1 Å². The Morgan fingerprint density at radius 2 is 0.893 bits per heavy atom. The van der Waals surface area contributed by atoms with Crippen LogP contribution in [-0.4, -0.2) is 6.88 Å². The second kappa shape index (κ2) is 21.1. The third-order valence-corrected chi connectivity index (χ3v) is 10.1. The van der Waals surface area contributed by atoms with Crippen molar-refractivity contribution in [1.29, 1.82) is 0 Å². The molecular weight excluding hydrogens is 827 g/mol. The Labute approximate surface area is 362 Å². The van der Waals surface area contributed by atoms with Crippen LogP contribution in [0.15, 0.2) is 118 Å². The van der Waals surface area contributed by atoms with Crippen molar-refractivity contribution in [3.8, 4) is 44.9 Å². The van der Waals surface area contributed by atoms with Gasteiger partial charge in [0, 0.05) is 13.1 Å². The van der Waals surface area contributed by atoms with Gasteiger partial charge in [0.1, 0.15) is 0 Å². The Kier molecular flexibility index (Phi) is 18.3. The first-order valence-corrected chi connectivity index (χ1v) is 21.7. The number of halogens is 2. The maximum absolute atomic E-state index is 6.00. The molecule has 8 heteroatoms. The first-order chi connectivity index (χ1) is 25.2. The van der Waals surface area contributed by atoms with Crippen LogP contribution in [0.1, 0.15) is 44.9 Å². The molecule has 6 aromatic carbocycles. The molecule has 4 N–H and O–H groups in total. The fourth-order valence-electron chi connectivity index (χ4n) is 7.25. The van der Waals surface area contributed by atoms with Crippen molar-refractivity contribution in [2.24, 2.45) is 11.5 Å². The van der Waals surface area contributed by atoms with Gasteiger partial charge in [0.15, 0.2) is 0 Å². The van der Waals surface area contributed by atoms with E-state index in [-0.39, 0.29) is 39.7 Å². The van der Waals surface area contributed by atoms with Crippen LogP contribution in [0.2, 0.25) is 0 Å². The second-order valence-corrected chi connectivity index (χ2v) is 13.4. The van der Waals surface area contributed by atoms with Crippen molar-refractivity contribution in [1.82, 2.24) is 0 Å². The van der Waals surface area contributed by atoms with Gasteiger partial charge in [0.25, 0.3) is 0 Å². The molecule has 0 unspecified atom stereocenters. The predicted octanol–water partition coefficient (Wildman–Crippen LogP) is 13.1. The Balaban J connectivity index is 0.000000347. The fraction of sp³-hybridized carbons (Fsp3) is 0.167. The van der Waals surface area contributed by atoms with Crippen LogP contribution >= 0.6 is 24.8 Å². The maximum atomic E-state index is 6.00. The van der Waals surface area contributed by atoms with Crippen molar-refractivity contribution < 1.29 is 32.2 Å². The van der Waals surface area contributed by atoms with E-state index in [2.05, 4.69) is 120 Å². The van der Waals surface area contributed by atoms with Gasteiger partial charge < -0.3 is 35.2 Å². The molecule has 292 valence electrons. The number of hydrogen-bond acceptors (Lipinski definition) is 4. The molecular formula is C48H52Cl2N2O2SiZr-4. The molecule has 2 heterocycles. The summed E-state index contributed by atoms with van der Waals surface area (Å²) in [5.74, 6) is 3.70. The van der Waals surface area contributed by atoms with Crippen LogP contribution in [0.25, 0.3) is 66.4 Å².